The van der Waals surface area contributed by atoms with Crippen molar-refractivity contribution < 1.29 is 5.11 Å². The van der Waals surface area contributed by atoms with Crippen LogP contribution < -0.4 is 5.32 Å². The van der Waals surface area contributed by atoms with E-state index in [-0.39, 0.29) is 12.1 Å². The third-order valence-electron chi connectivity index (χ3n) is 4.59. The van der Waals surface area contributed by atoms with Crippen LogP contribution >= 0.6 is 11.6 Å². The minimum absolute atomic E-state index is 0.148. The molecule has 0 saturated heterocycles. The minimum Gasteiger partial charge on any atom is -0.394 e. The van der Waals surface area contributed by atoms with Crippen LogP contribution in [-0.2, 0) is 0 Å². The predicted molar refractivity (Wildman–Crippen MR) is 81.7 cm³/mol. The quantitative estimate of drug-likeness (QED) is 0.864. The zero-order valence-corrected chi connectivity index (χ0v) is 12.8. The number of benzene rings is 1. The molecule has 2 N–H and O–H groups in total. The first-order chi connectivity index (χ1) is 8.88. The van der Waals surface area contributed by atoms with Crippen molar-refractivity contribution in [1.82, 2.24) is 0 Å². The molecule has 1 aliphatic carbocycles. The molecule has 2 rings (SSSR count). The van der Waals surface area contributed by atoms with Crippen molar-refractivity contribution in [2.45, 2.75) is 45.6 Å². The normalized spacial score (nSPS) is 30.1. The van der Waals surface area contributed by atoms with Gasteiger partial charge in [0.2, 0.25) is 0 Å². The largest absolute Gasteiger partial charge is 0.394 e. The smallest absolute Gasteiger partial charge is 0.0664 e. The zero-order valence-electron chi connectivity index (χ0n) is 12.0. The number of para-hydroxylation sites is 1. The lowest BCUT2D eigenvalue weighted by Crippen LogP contribution is -2.52. The number of halogens is 1. The van der Waals surface area contributed by atoms with Gasteiger partial charge in [0.15, 0.2) is 0 Å². The van der Waals surface area contributed by atoms with Gasteiger partial charge in [0.05, 0.1) is 22.9 Å². The Bertz CT molecular complexity index is 446. The fraction of sp³-hybridized carbons (Fsp3) is 0.625. The molecule has 2 unspecified atom stereocenters. The van der Waals surface area contributed by atoms with Crippen molar-refractivity contribution in [2.75, 3.05) is 11.9 Å². The standard InChI is InChI=1S/C16H24ClNO/c1-12-10-15(2,3)8-9-16(12,11-19)18-14-7-5-4-6-13(14)17/h4-7,12,18-19H,8-11H2,1-3H3. The minimum atomic E-state index is -0.249. The summed E-state index contributed by atoms with van der Waals surface area (Å²) in [5, 5.41) is 14.2. The Hall–Kier alpha value is -0.730. The number of rotatable bonds is 3. The maximum absolute atomic E-state index is 9.93. The van der Waals surface area contributed by atoms with Gasteiger partial charge in [0, 0.05) is 0 Å². The van der Waals surface area contributed by atoms with E-state index >= 15 is 0 Å². The molecule has 19 heavy (non-hydrogen) atoms. The van der Waals surface area contributed by atoms with E-state index in [1.54, 1.807) is 0 Å². The highest BCUT2D eigenvalue weighted by Gasteiger charge is 2.43. The van der Waals surface area contributed by atoms with Crippen molar-refractivity contribution in [2.24, 2.45) is 11.3 Å². The van der Waals surface area contributed by atoms with Gasteiger partial charge in [-0.2, -0.15) is 0 Å². The van der Waals surface area contributed by atoms with E-state index < -0.39 is 0 Å². The molecular formula is C16H24ClNO. The van der Waals surface area contributed by atoms with Gasteiger partial charge >= 0.3 is 0 Å². The Morgan fingerprint density at radius 1 is 1.32 bits per heavy atom. The van der Waals surface area contributed by atoms with E-state index in [1.165, 1.54) is 0 Å². The molecule has 0 heterocycles. The number of nitrogens with one attached hydrogen (secondary N) is 1. The van der Waals surface area contributed by atoms with E-state index in [1.807, 2.05) is 24.3 Å². The number of hydrogen-bond acceptors (Lipinski definition) is 2. The van der Waals surface area contributed by atoms with E-state index in [4.69, 9.17) is 11.6 Å². The van der Waals surface area contributed by atoms with Crippen LogP contribution in [0.15, 0.2) is 24.3 Å². The molecule has 2 atom stereocenters. The van der Waals surface area contributed by atoms with Gasteiger partial charge in [0.1, 0.15) is 0 Å². The summed E-state index contributed by atoms with van der Waals surface area (Å²) < 4.78 is 0. The summed E-state index contributed by atoms with van der Waals surface area (Å²) in [5.74, 6) is 0.414. The van der Waals surface area contributed by atoms with Crippen molar-refractivity contribution in [3.8, 4) is 0 Å². The second-order valence-electron chi connectivity index (χ2n) is 6.69. The second kappa shape index (κ2) is 5.34. The molecule has 3 heteroatoms. The van der Waals surface area contributed by atoms with Gasteiger partial charge in [0.25, 0.3) is 0 Å². The first kappa shape index (κ1) is 14.7. The SMILES string of the molecule is CC1CC(C)(C)CCC1(CO)Nc1ccccc1Cl. The van der Waals surface area contributed by atoms with Gasteiger partial charge in [-0.1, -0.05) is 44.5 Å². The summed E-state index contributed by atoms with van der Waals surface area (Å²) in [6, 6.07) is 7.75. The third-order valence-corrected chi connectivity index (χ3v) is 4.92. The number of anilines is 1. The van der Waals surface area contributed by atoms with E-state index in [2.05, 4.69) is 26.1 Å². The molecule has 1 fully saturated rings. The topological polar surface area (TPSA) is 32.3 Å². The van der Waals surface area contributed by atoms with Gasteiger partial charge in [-0.25, -0.2) is 0 Å². The van der Waals surface area contributed by atoms with Crippen LogP contribution in [0.3, 0.4) is 0 Å². The Labute approximate surface area is 121 Å². The Kier molecular flexibility index (Phi) is 4.12. The fourth-order valence-corrected chi connectivity index (χ4v) is 3.41. The van der Waals surface area contributed by atoms with Crippen LogP contribution in [0.1, 0.15) is 40.0 Å². The average molecular weight is 282 g/mol. The van der Waals surface area contributed by atoms with Gasteiger partial charge in [-0.15, -0.1) is 0 Å². The molecule has 0 amide bonds. The lowest BCUT2D eigenvalue weighted by atomic mass is 9.64. The average Bonchev–Trinajstić information content (AvgIpc) is 2.35. The van der Waals surface area contributed by atoms with Crippen molar-refractivity contribution >= 4 is 17.3 Å². The summed E-state index contributed by atoms with van der Waals surface area (Å²) in [7, 11) is 0. The number of hydrogen-bond donors (Lipinski definition) is 2. The molecule has 0 bridgehead atoms. The molecule has 0 radical (unpaired) electrons. The zero-order chi connectivity index (χ0) is 14.1. The molecule has 0 aliphatic heterocycles. The lowest BCUT2D eigenvalue weighted by Gasteiger charge is -2.48. The van der Waals surface area contributed by atoms with Gasteiger partial charge < -0.3 is 10.4 Å². The highest BCUT2D eigenvalue weighted by Crippen LogP contribution is 2.45. The van der Waals surface area contributed by atoms with Crippen LogP contribution in [-0.4, -0.2) is 17.3 Å². The van der Waals surface area contributed by atoms with E-state index in [0.29, 0.717) is 16.4 Å². The van der Waals surface area contributed by atoms with Crippen molar-refractivity contribution in [1.29, 1.82) is 0 Å². The molecule has 0 spiro atoms. The molecule has 106 valence electrons. The third kappa shape index (κ3) is 3.06. The second-order valence-corrected chi connectivity index (χ2v) is 7.10. The maximum Gasteiger partial charge on any atom is 0.0664 e. The maximum atomic E-state index is 9.93. The van der Waals surface area contributed by atoms with Crippen LogP contribution in [0.2, 0.25) is 5.02 Å². The fourth-order valence-electron chi connectivity index (χ4n) is 3.23. The molecule has 1 aromatic carbocycles. The lowest BCUT2D eigenvalue weighted by molar-refractivity contribution is 0.0685. The predicted octanol–water partition coefficient (Wildman–Crippen LogP) is 4.33. The van der Waals surface area contributed by atoms with Crippen LogP contribution in [0.4, 0.5) is 5.69 Å². The first-order valence-corrected chi connectivity index (χ1v) is 7.40. The molecular weight excluding hydrogens is 258 g/mol. The molecule has 1 aliphatic rings. The summed E-state index contributed by atoms with van der Waals surface area (Å²) >= 11 is 6.22. The molecule has 2 nitrogen and oxygen atoms in total. The molecule has 0 aromatic heterocycles. The van der Waals surface area contributed by atoms with E-state index in [0.717, 1.165) is 24.9 Å². The number of aliphatic hydroxyl groups is 1. The van der Waals surface area contributed by atoms with Crippen LogP contribution in [0.5, 0.6) is 0 Å². The number of aliphatic hydroxyl groups excluding tert-OH is 1. The summed E-state index contributed by atoms with van der Waals surface area (Å²) in [6.45, 7) is 6.98. The van der Waals surface area contributed by atoms with Crippen LogP contribution in [0, 0.1) is 11.3 Å². The van der Waals surface area contributed by atoms with Crippen molar-refractivity contribution in [3.05, 3.63) is 29.3 Å². The Morgan fingerprint density at radius 3 is 2.58 bits per heavy atom. The molecule has 1 saturated carbocycles. The van der Waals surface area contributed by atoms with Crippen molar-refractivity contribution in [3.63, 3.8) is 0 Å². The summed E-state index contributed by atoms with van der Waals surface area (Å²) in [6.07, 6.45) is 3.21. The highest BCUT2D eigenvalue weighted by molar-refractivity contribution is 6.33. The Balaban J connectivity index is 2.22. The van der Waals surface area contributed by atoms with E-state index in [9.17, 15) is 5.11 Å². The van der Waals surface area contributed by atoms with Crippen LogP contribution in [0.25, 0.3) is 0 Å². The highest BCUT2D eigenvalue weighted by atomic mass is 35.5. The Morgan fingerprint density at radius 2 is 2.00 bits per heavy atom. The first-order valence-electron chi connectivity index (χ1n) is 7.02. The summed E-state index contributed by atoms with van der Waals surface area (Å²) in [5.41, 5.74) is 1.03. The van der Waals surface area contributed by atoms with Gasteiger partial charge in [-0.05, 0) is 42.7 Å². The monoisotopic (exact) mass is 281 g/mol. The molecule has 1 aromatic rings. The summed E-state index contributed by atoms with van der Waals surface area (Å²) in [4.78, 5) is 0. The van der Waals surface area contributed by atoms with Gasteiger partial charge in [-0.3, -0.25) is 0 Å².